The molecule has 0 radical (unpaired) electrons. The Kier molecular flexibility index (Phi) is 5.20. The van der Waals surface area contributed by atoms with Crippen molar-refractivity contribution >= 4 is 43.2 Å². The molecule has 0 unspecified atom stereocenters. The first-order valence-corrected chi connectivity index (χ1v) is 7.59. The van der Waals surface area contributed by atoms with Gasteiger partial charge in [-0.05, 0) is 18.2 Å². The number of sulfonamides is 1. The van der Waals surface area contributed by atoms with Gasteiger partial charge >= 0.3 is 0 Å². The first kappa shape index (κ1) is 15.5. The van der Waals surface area contributed by atoms with E-state index in [0.717, 1.165) is 10.4 Å². The molecular weight excluding hydrogens is 343 g/mol. The van der Waals surface area contributed by atoms with Crippen molar-refractivity contribution in [1.29, 1.82) is 0 Å². The van der Waals surface area contributed by atoms with Gasteiger partial charge < -0.3 is 5.73 Å². The third kappa shape index (κ3) is 3.71. The van der Waals surface area contributed by atoms with Crippen LogP contribution in [0.1, 0.15) is 6.42 Å². The topological polar surface area (TPSA) is 63.4 Å². The molecule has 0 saturated carbocycles. The fraction of sp³-hybridized carbons (Fsp3) is 0.300. The number of hydrogen-bond donors (Lipinski definition) is 1. The number of rotatable bonds is 5. The Morgan fingerprint density at radius 1 is 1.56 bits per heavy atom. The molecule has 2 N–H and O–H groups in total. The number of benzene rings is 1. The number of halogens is 2. The van der Waals surface area contributed by atoms with Crippen LogP contribution in [0.4, 0.5) is 4.39 Å². The van der Waals surface area contributed by atoms with Crippen LogP contribution in [-0.2, 0) is 10.0 Å². The van der Waals surface area contributed by atoms with Gasteiger partial charge in [-0.15, -0.1) is 0 Å². The van der Waals surface area contributed by atoms with Crippen molar-refractivity contribution < 1.29 is 12.8 Å². The Hall–Kier alpha value is -0.570. The van der Waals surface area contributed by atoms with E-state index in [0.29, 0.717) is 4.47 Å². The maximum atomic E-state index is 13.6. The summed E-state index contributed by atoms with van der Waals surface area (Å²) in [6, 6.07) is 3.79. The Morgan fingerprint density at radius 3 is 2.67 bits per heavy atom. The quantitative estimate of drug-likeness (QED) is 0.820. The molecule has 0 fully saturated rings. The van der Waals surface area contributed by atoms with Crippen LogP contribution in [0.15, 0.2) is 27.6 Å². The van der Waals surface area contributed by atoms with Crippen LogP contribution in [0.2, 0.25) is 0 Å². The smallest absolute Gasteiger partial charge is 0.245 e. The molecular formula is C10H12BrFN2O2S2. The molecule has 1 rings (SSSR count). The maximum Gasteiger partial charge on any atom is 0.245 e. The molecule has 0 aliphatic heterocycles. The highest BCUT2D eigenvalue weighted by Crippen LogP contribution is 2.22. The van der Waals surface area contributed by atoms with Crippen LogP contribution in [0.3, 0.4) is 0 Å². The second-order valence-corrected chi connectivity index (χ2v) is 7.07. The van der Waals surface area contributed by atoms with Crippen LogP contribution in [0.25, 0.3) is 0 Å². The summed E-state index contributed by atoms with van der Waals surface area (Å²) in [4.78, 5) is -0.149. The average Bonchev–Trinajstić information content (AvgIpc) is 2.24. The van der Waals surface area contributed by atoms with Gasteiger partial charge in [0.25, 0.3) is 0 Å². The zero-order valence-corrected chi connectivity index (χ0v) is 12.8. The molecule has 1 aromatic carbocycles. The Bertz CT molecular complexity index is 563. The van der Waals surface area contributed by atoms with E-state index in [9.17, 15) is 12.8 Å². The van der Waals surface area contributed by atoms with Crippen LogP contribution in [0, 0.1) is 5.82 Å². The number of thiocarbonyl (C=S) groups is 1. The Morgan fingerprint density at radius 2 is 2.17 bits per heavy atom. The molecule has 0 bridgehead atoms. The highest BCUT2D eigenvalue weighted by Gasteiger charge is 2.24. The van der Waals surface area contributed by atoms with E-state index in [1.54, 1.807) is 0 Å². The van der Waals surface area contributed by atoms with Crippen molar-refractivity contribution in [2.45, 2.75) is 11.3 Å². The molecule has 0 spiro atoms. The van der Waals surface area contributed by atoms with Crippen molar-refractivity contribution in [2.24, 2.45) is 5.73 Å². The first-order chi connectivity index (χ1) is 8.25. The molecule has 8 heteroatoms. The fourth-order valence-electron chi connectivity index (χ4n) is 1.24. The monoisotopic (exact) mass is 354 g/mol. The van der Waals surface area contributed by atoms with Gasteiger partial charge in [0, 0.05) is 24.5 Å². The first-order valence-electron chi connectivity index (χ1n) is 4.95. The standard InChI is InChI=1S/C10H12BrFN2O2S2/c1-14(5-4-10(13)17)18(15,16)9-3-2-7(11)6-8(9)12/h2-3,6H,4-5H2,1H3,(H2,13,17). The van der Waals surface area contributed by atoms with E-state index in [-0.39, 0.29) is 22.8 Å². The SMILES string of the molecule is CN(CCC(N)=S)S(=O)(=O)c1ccc(Br)cc1F. The highest BCUT2D eigenvalue weighted by atomic mass is 79.9. The molecule has 100 valence electrons. The lowest BCUT2D eigenvalue weighted by Gasteiger charge is -2.17. The van der Waals surface area contributed by atoms with E-state index in [2.05, 4.69) is 28.1 Å². The van der Waals surface area contributed by atoms with Crippen molar-refractivity contribution in [3.63, 3.8) is 0 Å². The third-order valence-electron chi connectivity index (χ3n) is 2.26. The normalized spacial score (nSPS) is 11.8. The summed E-state index contributed by atoms with van der Waals surface area (Å²) < 4.78 is 39.2. The van der Waals surface area contributed by atoms with E-state index >= 15 is 0 Å². The van der Waals surface area contributed by atoms with Gasteiger partial charge in [-0.3, -0.25) is 0 Å². The van der Waals surface area contributed by atoms with Crippen LogP contribution in [0.5, 0.6) is 0 Å². The molecule has 0 aliphatic carbocycles. The van der Waals surface area contributed by atoms with Gasteiger partial charge in [0.05, 0.1) is 4.99 Å². The summed E-state index contributed by atoms with van der Waals surface area (Å²) in [7, 11) is -2.50. The molecule has 0 aliphatic rings. The van der Waals surface area contributed by atoms with Gasteiger partial charge in [0.2, 0.25) is 10.0 Å². The summed E-state index contributed by atoms with van der Waals surface area (Å²) in [6.07, 6.45) is 0.253. The van der Waals surface area contributed by atoms with Crippen molar-refractivity contribution in [3.05, 3.63) is 28.5 Å². The number of hydrogen-bond acceptors (Lipinski definition) is 3. The van der Waals surface area contributed by atoms with Gasteiger partial charge in [-0.1, -0.05) is 28.1 Å². The third-order valence-corrected chi connectivity index (χ3v) is 4.84. The van der Waals surface area contributed by atoms with Gasteiger partial charge in [-0.25, -0.2) is 17.1 Å². The minimum absolute atomic E-state index is 0.118. The molecule has 4 nitrogen and oxygen atoms in total. The van der Waals surface area contributed by atoms with E-state index in [4.69, 9.17) is 5.73 Å². The zero-order chi connectivity index (χ0) is 13.9. The highest BCUT2D eigenvalue weighted by molar-refractivity contribution is 9.10. The Labute approximate surface area is 119 Å². The summed E-state index contributed by atoms with van der Waals surface area (Å²) >= 11 is 7.74. The summed E-state index contributed by atoms with van der Waals surface area (Å²) in [5.74, 6) is -0.799. The van der Waals surface area contributed by atoms with E-state index < -0.39 is 15.8 Å². The lowest BCUT2D eigenvalue weighted by Crippen LogP contribution is -2.30. The van der Waals surface area contributed by atoms with E-state index in [1.165, 1.54) is 19.2 Å². The largest absolute Gasteiger partial charge is 0.393 e. The fourth-order valence-corrected chi connectivity index (χ4v) is 2.88. The lowest BCUT2D eigenvalue weighted by atomic mass is 10.3. The summed E-state index contributed by atoms with van der Waals surface area (Å²) in [5.41, 5.74) is 5.30. The molecule has 0 amide bonds. The van der Waals surface area contributed by atoms with Gasteiger partial charge in [-0.2, -0.15) is 0 Å². The maximum absolute atomic E-state index is 13.6. The molecule has 0 heterocycles. The van der Waals surface area contributed by atoms with Crippen molar-refractivity contribution in [1.82, 2.24) is 4.31 Å². The molecule has 0 saturated heterocycles. The lowest BCUT2D eigenvalue weighted by molar-refractivity contribution is 0.471. The summed E-state index contributed by atoms with van der Waals surface area (Å²) in [6.45, 7) is 0.118. The minimum Gasteiger partial charge on any atom is -0.393 e. The summed E-state index contributed by atoms with van der Waals surface area (Å²) in [5, 5.41) is 0. The average molecular weight is 355 g/mol. The second kappa shape index (κ2) is 6.05. The minimum atomic E-state index is -3.86. The molecule has 0 aromatic heterocycles. The predicted molar refractivity (Wildman–Crippen MR) is 75.3 cm³/mol. The molecule has 1 aromatic rings. The van der Waals surface area contributed by atoms with Crippen molar-refractivity contribution in [3.8, 4) is 0 Å². The van der Waals surface area contributed by atoms with Crippen molar-refractivity contribution in [2.75, 3.05) is 13.6 Å². The van der Waals surface area contributed by atoms with E-state index in [1.807, 2.05) is 0 Å². The van der Waals surface area contributed by atoms with Crippen LogP contribution >= 0.6 is 28.1 Å². The zero-order valence-electron chi connectivity index (χ0n) is 9.56. The molecule has 0 atom stereocenters. The Balaban J connectivity index is 3.02. The predicted octanol–water partition coefficient (Wildman–Crippen LogP) is 1.88. The second-order valence-electron chi connectivity index (χ2n) is 3.62. The van der Waals surface area contributed by atoms with Crippen LogP contribution in [-0.4, -0.2) is 31.3 Å². The molecule has 18 heavy (non-hydrogen) atoms. The van der Waals surface area contributed by atoms with Gasteiger partial charge in [0.1, 0.15) is 10.7 Å². The van der Waals surface area contributed by atoms with Crippen LogP contribution < -0.4 is 5.73 Å². The number of nitrogens with zero attached hydrogens (tertiary/aromatic N) is 1. The number of nitrogens with two attached hydrogens (primary N) is 1. The van der Waals surface area contributed by atoms with Gasteiger partial charge in [0.15, 0.2) is 0 Å².